The van der Waals surface area contributed by atoms with E-state index in [1.807, 2.05) is 12.1 Å². The highest BCUT2D eigenvalue weighted by Crippen LogP contribution is 2.20. The minimum atomic E-state index is 0.527. The molecule has 0 aliphatic heterocycles. The van der Waals surface area contributed by atoms with Crippen molar-refractivity contribution < 1.29 is 0 Å². The van der Waals surface area contributed by atoms with E-state index in [0.29, 0.717) is 6.54 Å². The maximum atomic E-state index is 6.31. The summed E-state index contributed by atoms with van der Waals surface area (Å²) in [5, 5.41) is 0.797. The Morgan fingerprint density at radius 1 is 0.952 bits per heavy atom. The Morgan fingerprint density at radius 3 is 2.14 bits per heavy atom. The van der Waals surface area contributed by atoms with Gasteiger partial charge >= 0.3 is 0 Å². The number of aryl methyl sites for hydroxylation is 1. The predicted octanol–water partition coefficient (Wildman–Crippen LogP) is 3.99. The SMILES string of the molecule is CCc1ccc(CN(C)Cc2ccc(CN)cc2Cl)cc1. The van der Waals surface area contributed by atoms with Crippen molar-refractivity contribution in [2.45, 2.75) is 33.0 Å². The molecule has 0 spiro atoms. The van der Waals surface area contributed by atoms with E-state index in [1.54, 1.807) is 0 Å². The van der Waals surface area contributed by atoms with Gasteiger partial charge in [-0.15, -0.1) is 0 Å². The summed E-state index contributed by atoms with van der Waals surface area (Å²) in [6.45, 7) is 4.45. The van der Waals surface area contributed by atoms with Gasteiger partial charge in [-0.1, -0.05) is 54.9 Å². The van der Waals surface area contributed by atoms with Gasteiger partial charge in [0.15, 0.2) is 0 Å². The second-order valence-corrected chi connectivity index (χ2v) is 5.88. The normalized spacial score (nSPS) is 11.1. The molecule has 2 nitrogen and oxygen atoms in total. The molecule has 3 heteroatoms. The van der Waals surface area contributed by atoms with Gasteiger partial charge in [-0.05, 0) is 41.8 Å². The molecule has 0 saturated carbocycles. The summed E-state index contributed by atoms with van der Waals surface area (Å²) < 4.78 is 0. The van der Waals surface area contributed by atoms with Gasteiger partial charge in [0.2, 0.25) is 0 Å². The third-order valence-corrected chi connectivity index (χ3v) is 4.03. The van der Waals surface area contributed by atoms with E-state index in [-0.39, 0.29) is 0 Å². The Hall–Kier alpha value is -1.35. The lowest BCUT2D eigenvalue weighted by Gasteiger charge is -2.18. The summed E-state index contributed by atoms with van der Waals surface area (Å²) >= 11 is 6.31. The summed E-state index contributed by atoms with van der Waals surface area (Å²) in [6.07, 6.45) is 1.08. The molecule has 0 aromatic heterocycles. The number of halogens is 1. The van der Waals surface area contributed by atoms with E-state index in [2.05, 4.69) is 49.2 Å². The van der Waals surface area contributed by atoms with Gasteiger partial charge in [0, 0.05) is 24.7 Å². The zero-order valence-corrected chi connectivity index (χ0v) is 13.5. The van der Waals surface area contributed by atoms with Crippen LogP contribution in [0.4, 0.5) is 0 Å². The molecule has 21 heavy (non-hydrogen) atoms. The van der Waals surface area contributed by atoms with Gasteiger partial charge in [-0.2, -0.15) is 0 Å². The van der Waals surface area contributed by atoms with Gasteiger partial charge in [-0.3, -0.25) is 4.90 Å². The number of nitrogens with two attached hydrogens (primary N) is 1. The van der Waals surface area contributed by atoms with Crippen LogP contribution in [0.3, 0.4) is 0 Å². The molecule has 0 aliphatic rings. The molecular weight excluding hydrogens is 280 g/mol. The van der Waals surface area contributed by atoms with Crippen LogP contribution in [0.1, 0.15) is 29.2 Å². The molecule has 112 valence electrons. The van der Waals surface area contributed by atoms with Crippen LogP contribution in [0.5, 0.6) is 0 Å². The fourth-order valence-corrected chi connectivity index (χ4v) is 2.65. The summed E-state index contributed by atoms with van der Waals surface area (Å²) in [7, 11) is 2.11. The average molecular weight is 303 g/mol. The van der Waals surface area contributed by atoms with E-state index in [9.17, 15) is 0 Å². The highest BCUT2D eigenvalue weighted by Gasteiger charge is 2.06. The molecule has 2 aromatic carbocycles. The molecule has 0 atom stereocenters. The predicted molar refractivity (Wildman–Crippen MR) is 90.3 cm³/mol. The summed E-state index contributed by atoms with van der Waals surface area (Å²) in [5.74, 6) is 0. The van der Waals surface area contributed by atoms with E-state index < -0.39 is 0 Å². The fraction of sp³-hybridized carbons (Fsp3) is 0.333. The quantitative estimate of drug-likeness (QED) is 0.874. The third-order valence-electron chi connectivity index (χ3n) is 3.68. The monoisotopic (exact) mass is 302 g/mol. The first-order valence-electron chi connectivity index (χ1n) is 7.36. The maximum absolute atomic E-state index is 6.31. The van der Waals surface area contributed by atoms with Crippen LogP contribution in [0, 0.1) is 0 Å². The lowest BCUT2D eigenvalue weighted by atomic mass is 10.1. The highest BCUT2D eigenvalue weighted by molar-refractivity contribution is 6.31. The molecule has 0 heterocycles. The smallest absolute Gasteiger partial charge is 0.0454 e. The molecule has 0 saturated heterocycles. The molecule has 2 rings (SSSR count). The van der Waals surface area contributed by atoms with Crippen LogP contribution in [-0.2, 0) is 26.1 Å². The topological polar surface area (TPSA) is 29.3 Å². The molecule has 0 amide bonds. The van der Waals surface area contributed by atoms with Crippen LogP contribution < -0.4 is 5.73 Å². The summed E-state index contributed by atoms with van der Waals surface area (Å²) in [5.41, 5.74) is 10.5. The minimum absolute atomic E-state index is 0.527. The van der Waals surface area contributed by atoms with E-state index in [0.717, 1.165) is 35.7 Å². The lowest BCUT2D eigenvalue weighted by Crippen LogP contribution is -2.17. The molecule has 2 N–H and O–H groups in total. The molecular formula is C18H23ClN2. The van der Waals surface area contributed by atoms with Crippen LogP contribution >= 0.6 is 11.6 Å². The first-order valence-corrected chi connectivity index (χ1v) is 7.74. The van der Waals surface area contributed by atoms with E-state index >= 15 is 0 Å². The Labute approximate surface area is 132 Å². The average Bonchev–Trinajstić information content (AvgIpc) is 2.50. The van der Waals surface area contributed by atoms with Crippen molar-refractivity contribution in [1.82, 2.24) is 4.90 Å². The summed E-state index contributed by atoms with van der Waals surface area (Å²) in [4.78, 5) is 2.27. The number of rotatable bonds is 6. The van der Waals surface area contributed by atoms with Gasteiger partial charge in [0.05, 0.1) is 0 Å². The Balaban J connectivity index is 1.98. The molecule has 0 aliphatic carbocycles. The van der Waals surface area contributed by atoms with Gasteiger partial charge in [0.25, 0.3) is 0 Å². The Kier molecular flexibility index (Phi) is 5.80. The largest absolute Gasteiger partial charge is 0.326 e. The first kappa shape index (κ1) is 16.0. The first-order chi connectivity index (χ1) is 10.1. The van der Waals surface area contributed by atoms with Crippen molar-refractivity contribution in [1.29, 1.82) is 0 Å². The number of nitrogens with zero attached hydrogens (tertiary/aromatic N) is 1. The lowest BCUT2D eigenvalue weighted by molar-refractivity contribution is 0.319. The second-order valence-electron chi connectivity index (χ2n) is 5.47. The summed E-state index contributed by atoms with van der Waals surface area (Å²) in [6, 6.07) is 14.9. The van der Waals surface area contributed by atoms with E-state index in [4.69, 9.17) is 17.3 Å². The maximum Gasteiger partial charge on any atom is 0.0454 e. The molecule has 2 aromatic rings. The zero-order chi connectivity index (χ0) is 15.2. The van der Waals surface area contributed by atoms with Gasteiger partial charge < -0.3 is 5.73 Å². The second kappa shape index (κ2) is 7.60. The zero-order valence-electron chi connectivity index (χ0n) is 12.8. The van der Waals surface area contributed by atoms with Crippen molar-refractivity contribution in [3.05, 3.63) is 69.7 Å². The van der Waals surface area contributed by atoms with E-state index in [1.165, 1.54) is 11.1 Å². The molecule has 0 bridgehead atoms. The van der Waals surface area contributed by atoms with Gasteiger partial charge in [-0.25, -0.2) is 0 Å². The Morgan fingerprint density at radius 2 is 1.57 bits per heavy atom. The fourth-order valence-electron chi connectivity index (χ4n) is 2.38. The number of hydrogen-bond donors (Lipinski definition) is 1. The minimum Gasteiger partial charge on any atom is -0.326 e. The van der Waals surface area contributed by atoms with Crippen LogP contribution in [-0.4, -0.2) is 11.9 Å². The molecule has 0 radical (unpaired) electrons. The molecule has 0 unspecified atom stereocenters. The van der Waals surface area contributed by atoms with Crippen molar-refractivity contribution in [3.63, 3.8) is 0 Å². The third kappa shape index (κ3) is 4.57. The van der Waals surface area contributed by atoms with Crippen molar-refractivity contribution in [3.8, 4) is 0 Å². The van der Waals surface area contributed by atoms with Crippen molar-refractivity contribution in [2.75, 3.05) is 7.05 Å². The highest BCUT2D eigenvalue weighted by atomic mass is 35.5. The van der Waals surface area contributed by atoms with Crippen LogP contribution in [0.2, 0.25) is 5.02 Å². The van der Waals surface area contributed by atoms with Crippen molar-refractivity contribution >= 4 is 11.6 Å². The van der Waals surface area contributed by atoms with Gasteiger partial charge in [0.1, 0.15) is 0 Å². The molecule has 0 fully saturated rings. The van der Waals surface area contributed by atoms with Crippen LogP contribution in [0.25, 0.3) is 0 Å². The number of hydrogen-bond acceptors (Lipinski definition) is 2. The Bertz CT molecular complexity index is 578. The standard InChI is InChI=1S/C18H23ClN2/c1-3-14-4-6-15(7-5-14)12-21(2)13-17-9-8-16(11-20)10-18(17)19/h4-10H,3,11-13,20H2,1-2H3. The number of benzene rings is 2. The van der Waals surface area contributed by atoms with Crippen LogP contribution in [0.15, 0.2) is 42.5 Å². The van der Waals surface area contributed by atoms with Crippen molar-refractivity contribution in [2.24, 2.45) is 5.73 Å².